The highest BCUT2D eigenvalue weighted by Crippen LogP contribution is 2.22. The quantitative estimate of drug-likeness (QED) is 0.328. The Hall–Kier alpha value is -2.10. The molecule has 11 heteroatoms. The van der Waals surface area contributed by atoms with Gasteiger partial charge in [0.25, 0.3) is 0 Å². The number of aryl methyl sites for hydroxylation is 1. The molecule has 1 aliphatic rings. The molecular weight excluding hydrogens is 415 g/mol. The first-order chi connectivity index (χ1) is 14.1. The second kappa shape index (κ2) is 10.6. The first-order valence-electron chi connectivity index (χ1n) is 9.60. The predicted octanol–water partition coefficient (Wildman–Crippen LogP) is 2.11. The highest BCUT2D eigenvalue weighted by molar-refractivity contribution is 6.35. The Balaban J connectivity index is 1.52. The average molecular weight is 441 g/mol. The van der Waals surface area contributed by atoms with Gasteiger partial charge in [0.2, 0.25) is 0 Å². The molecule has 1 unspecified atom stereocenters. The van der Waals surface area contributed by atoms with Gasteiger partial charge in [-0.25, -0.2) is 14.6 Å². The topological polar surface area (TPSA) is 101 Å². The minimum Gasteiger partial charge on any atom is -0.377 e. The molecule has 1 aliphatic heterocycles. The zero-order valence-corrected chi connectivity index (χ0v) is 18.1. The lowest BCUT2D eigenvalue weighted by molar-refractivity contribution is 0.177. The third-order valence-corrected chi connectivity index (χ3v) is 4.84. The number of anilines is 1. The van der Waals surface area contributed by atoms with Crippen molar-refractivity contribution in [3.8, 4) is 0 Å². The predicted molar refractivity (Wildman–Crippen MR) is 115 cm³/mol. The van der Waals surface area contributed by atoms with E-state index in [0.29, 0.717) is 35.6 Å². The second-order valence-corrected chi connectivity index (χ2v) is 7.45. The van der Waals surface area contributed by atoms with Crippen LogP contribution in [0.3, 0.4) is 0 Å². The lowest BCUT2D eigenvalue weighted by Gasteiger charge is -2.25. The first kappa shape index (κ1) is 21.6. The lowest BCUT2D eigenvalue weighted by Crippen LogP contribution is -2.47. The average Bonchev–Trinajstić information content (AvgIpc) is 3.08. The number of nitrogens with zero attached hydrogens (tertiary/aromatic N) is 5. The highest BCUT2D eigenvalue weighted by atomic mass is 35.5. The van der Waals surface area contributed by atoms with Crippen LogP contribution in [-0.4, -0.2) is 58.5 Å². The van der Waals surface area contributed by atoms with E-state index in [1.165, 1.54) is 0 Å². The van der Waals surface area contributed by atoms with Crippen molar-refractivity contribution >= 4 is 35.0 Å². The maximum atomic E-state index is 6.12. The number of aliphatic imine (C=N–C) groups is 1. The van der Waals surface area contributed by atoms with Crippen LogP contribution in [0.25, 0.3) is 0 Å². The summed E-state index contributed by atoms with van der Waals surface area (Å²) >= 11 is 12.0. The van der Waals surface area contributed by atoms with E-state index in [0.717, 1.165) is 43.5 Å². The fourth-order valence-electron chi connectivity index (χ4n) is 3.07. The van der Waals surface area contributed by atoms with Crippen LogP contribution in [-0.2, 0) is 24.3 Å². The molecular formula is C18H26Cl2N8O. The number of guanidine groups is 1. The Labute approximate surface area is 180 Å². The summed E-state index contributed by atoms with van der Waals surface area (Å²) in [7, 11) is 1.65. The number of methoxy groups -OCH3 is 1. The highest BCUT2D eigenvalue weighted by Gasteiger charge is 2.22. The molecule has 0 spiro atoms. The van der Waals surface area contributed by atoms with Crippen LogP contribution >= 0.6 is 23.2 Å². The molecule has 0 aromatic carbocycles. The number of fused-ring (bicyclic) bond motifs is 1. The van der Waals surface area contributed by atoms with E-state index in [-0.39, 0.29) is 6.04 Å². The molecule has 0 amide bonds. The van der Waals surface area contributed by atoms with Crippen LogP contribution in [0.5, 0.6) is 0 Å². The number of hydrogen-bond acceptors (Lipinski definition) is 6. The molecule has 0 fully saturated rings. The third kappa shape index (κ3) is 6.19. The molecule has 9 nitrogen and oxygen atoms in total. The summed E-state index contributed by atoms with van der Waals surface area (Å²) in [6.45, 7) is 5.17. The summed E-state index contributed by atoms with van der Waals surface area (Å²) in [5.41, 5.74) is 0. The summed E-state index contributed by atoms with van der Waals surface area (Å²) in [6, 6.07) is 1.89. The summed E-state index contributed by atoms with van der Waals surface area (Å²) in [5, 5.41) is 15.5. The molecule has 0 bridgehead atoms. The molecule has 29 heavy (non-hydrogen) atoms. The van der Waals surface area contributed by atoms with Crippen LogP contribution in [0.2, 0.25) is 10.0 Å². The minimum absolute atomic E-state index is 0.234. The molecule has 3 rings (SSSR count). The van der Waals surface area contributed by atoms with Crippen molar-refractivity contribution in [2.45, 2.75) is 39.0 Å². The number of hydrogen-bond donors (Lipinski definition) is 3. The van der Waals surface area contributed by atoms with Crippen molar-refractivity contribution in [3.05, 3.63) is 34.0 Å². The molecule has 2 aromatic heterocycles. The molecule has 0 saturated heterocycles. The van der Waals surface area contributed by atoms with Gasteiger partial charge < -0.3 is 20.7 Å². The normalized spacial score (nSPS) is 16.4. The van der Waals surface area contributed by atoms with E-state index in [2.05, 4.69) is 36.0 Å². The second-order valence-electron chi connectivity index (χ2n) is 6.61. The van der Waals surface area contributed by atoms with E-state index >= 15 is 0 Å². The van der Waals surface area contributed by atoms with Crippen LogP contribution in [0.15, 0.2) is 17.3 Å². The van der Waals surface area contributed by atoms with Crippen molar-refractivity contribution in [2.24, 2.45) is 4.99 Å². The molecule has 2 aromatic rings. The molecule has 1 atom stereocenters. The van der Waals surface area contributed by atoms with Crippen LogP contribution in [0.1, 0.15) is 25.0 Å². The summed E-state index contributed by atoms with van der Waals surface area (Å²) in [6.07, 6.45) is 3.40. The third-order valence-electron chi connectivity index (χ3n) is 4.34. The Morgan fingerprint density at radius 3 is 3.03 bits per heavy atom. The van der Waals surface area contributed by atoms with Crippen molar-refractivity contribution in [3.63, 3.8) is 0 Å². The van der Waals surface area contributed by atoms with Gasteiger partial charge >= 0.3 is 0 Å². The molecule has 3 heterocycles. The molecule has 0 radical (unpaired) electrons. The van der Waals surface area contributed by atoms with E-state index in [1.807, 2.05) is 11.6 Å². The standard InChI is InChI=1S/C18H26Cl2N8O/c1-3-21-18(23-7-6-22-17-14(20)8-12(19)9-24-17)25-13-4-5-16-26-15(11-29-2)27-28(16)10-13/h8-9,13H,3-7,10-11H2,1-2H3,(H,22,24)(H2,21,23,25). The van der Waals surface area contributed by atoms with E-state index < -0.39 is 0 Å². The van der Waals surface area contributed by atoms with Crippen molar-refractivity contribution in [1.29, 1.82) is 0 Å². The van der Waals surface area contributed by atoms with Crippen molar-refractivity contribution in [2.75, 3.05) is 32.1 Å². The van der Waals surface area contributed by atoms with Crippen molar-refractivity contribution in [1.82, 2.24) is 30.4 Å². The molecule has 3 N–H and O–H groups in total. The van der Waals surface area contributed by atoms with Crippen LogP contribution in [0.4, 0.5) is 5.82 Å². The van der Waals surface area contributed by atoms with Crippen LogP contribution in [0, 0.1) is 0 Å². The van der Waals surface area contributed by atoms with E-state index in [1.54, 1.807) is 19.4 Å². The summed E-state index contributed by atoms with van der Waals surface area (Å²) in [4.78, 5) is 13.3. The maximum Gasteiger partial charge on any atom is 0.191 e. The van der Waals surface area contributed by atoms with Gasteiger partial charge in [-0.05, 0) is 19.4 Å². The van der Waals surface area contributed by atoms with Gasteiger partial charge in [-0.1, -0.05) is 23.2 Å². The number of pyridine rings is 1. The number of ether oxygens (including phenoxy) is 1. The van der Waals surface area contributed by atoms with Crippen LogP contribution < -0.4 is 16.0 Å². The molecule has 0 aliphatic carbocycles. The van der Waals surface area contributed by atoms with Gasteiger partial charge in [-0.2, -0.15) is 5.10 Å². The van der Waals surface area contributed by atoms with E-state index in [9.17, 15) is 0 Å². The zero-order valence-electron chi connectivity index (χ0n) is 16.6. The Morgan fingerprint density at radius 2 is 2.28 bits per heavy atom. The van der Waals surface area contributed by atoms with Gasteiger partial charge in [0.1, 0.15) is 18.2 Å². The summed E-state index contributed by atoms with van der Waals surface area (Å²) in [5.74, 6) is 3.11. The number of aromatic nitrogens is 4. The SMILES string of the molecule is CCNC(=NCCNc1ncc(Cl)cc1Cl)NC1CCc2nc(COC)nn2C1. The smallest absolute Gasteiger partial charge is 0.191 e. The van der Waals surface area contributed by atoms with Gasteiger partial charge in [-0.3, -0.25) is 4.99 Å². The maximum absolute atomic E-state index is 6.12. The minimum atomic E-state index is 0.234. The number of halogens is 2. The molecule has 158 valence electrons. The van der Waals surface area contributed by atoms with Crippen molar-refractivity contribution < 1.29 is 4.74 Å². The van der Waals surface area contributed by atoms with E-state index in [4.69, 9.17) is 27.9 Å². The zero-order chi connectivity index (χ0) is 20.6. The fourth-order valence-corrected chi connectivity index (χ4v) is 3.52. The fraction of sp³-hybridized carbons (Fsp3) is 0.556. The summed E-state index contributed by atoms with van der Waals surface area (Å²) < 4.78 is 7.07. The van der Waals surface area contributed by atoms with Gasteiger partial charge in [-0.15, -0.1) is 0 Å². The van der Waals surface area contributed by atoms with Gasteiger partial charge in [0.05, 0.1) is 23.1 Å². The Morgan fingerprint density at radius 1 is 1.41 bits per heavy atom. The van der Waals surface area contributed by atoms with Gasteiger partial charge in [0.15, 0.2) is 11.8 Å². The number of nitrogens with one attached hydrogen (secondary N) is 3. The molecule has 0 saturated carbocycles. The first-order valence-corrected chi connectivity index (χ1v) is 10.4. The largest absolute Gasteiger partial charge is 0.377 e. The Bertz CT molecular complexity index is 841. The lowest BCUT2D eigenvalue weighted by atomic mass is 10.1. The Kier molecular flexibility index (Phi) is 7.91. The van der Waals surface area contributed by atoms with Gasteiger partial charge in [0, 0.05) is 38.9 Å². The number of rotatable bonds is 8. The monoisotopic (exact) mass is 440 g/mol.